The summed E-state index contributed by atoms with van der Waals surface area (Å²) in [5.41, 5.74) is 0. The standard InChI is InChI=1S/C14H24N4O.2ClH/c1-3-17(4-2)12-8-13(16-10-12)14(19)18-7-5-6-11(18)9-15;;/h11-13,16H,3-8,10H2,1-2H3;2*1H/t11-,12-,13-;;/m0../s1. The quantitative estimate of drug-likeness (QED) is 0.843. The van der Waals surface area contributed by atoms with E-state index in [4.69, 9.17) is 5.26 Å². The Hall–Kier alpha value is -0.540. The number of amides is 1. The summed E-state index contributed by atoms with van der Waals surface area (Å²) >= 11 is 0. The number of rotatable bonds is 4. The van der Waals surface area contributed by atoms with Gasteiger partial charge >= 0.3 is 0 Å². The van der Waals surface area contributed by atoms with Crippen LogP contribution >= 0.6 is 24.8 Å². The largest absolute Gasteiger partial charge is 0.325 e. The lowest BCUT2D eigenvalue weighted by molar-refractivity contribution is -0.133. The Labute approximate surface area is 139 Å². The van der Waals surface area contributed by atoms with Crippen molar-refractivity contribution in [1.82, 2.24) is 15.1 Å². The number of likely N-dealkylation sites (N-methyl/N-ethyl adjacent to an activating group) is 1. The second kappa shape index (κ2) is 9.47. The highest BCUT2D eigenvalue weighted by Gasteiger charge is 2.37. The minimum atomic E-state index is -0.207. The molecule has 0 radical (unpaired) electrons. The second-order valence-corrected chi connectivity index (χ2v) is 5.39. The predicted molar refractivity (Wildman–Crippen MR) is 88.0 cm³/mol. The molecule has 21 heavy (non-hydrogen) atoms. The third kappa shape index (κ3) is 4.46. The first-order valence-electron chi connectivity index (χ1n) is 7.38. The number of nitriles is 1. The smallest absolute Gasteiger partial charge is 0.240 e. The van der Waals surface area contributed by atoms with Crippen LogP contribution in [-0.4, -0.2) is 60.0 Å². The third-order valence-electron chi connectivity index (χ3n) is 4.42. The first kappa shape index (κ1) is 20.5. The van der Waals surface area contributed by atoms with Crippen molar-refractivity contribution in [3.8, 4) is 6.07 Å². The van der Waals surface area contributed by atoms with Crippen LogP contribution in [0, 0.1) is 11.3 Å². The Kier molecular flexibility index (Phi) is 9.23. The van der Waals surface area contributed by atoms with E-state index in [0.717, 1.165) is 45.4 Å². The predicted octanol–water partition coefficient (Wildman–Crippen LogP) is 1.42. The Bertz CT molecular complexity index is 370. The highest BCUT2D eigenvalue weighted by molar-refractivity contribution is 5.85. The fourth-order valence-corrected chi connectivity index (χ4v) is 3.29. The normalized spacial score (nSPS) is 27.9. The maximum atomic E-state index is 12.5. The molecular formula is C14H26Cl2N4O. The van der Waals surface area contributed by atoms with Crippen LogP contribution in [0.25, 0.3) is 0 Å². The molecule has 2 heterocycles. The molecule has 5 nitrogen and oxygen atoms in total. The summed E-state index contributed by atoms with van der Waals surface area (Å²) in [6, 6.07) is 2.39. The maximum Gasteiger partial charge on any atom is 0.240 e. The molecule has 0 aliphatic carbocycles. The van der Waals surface area contributed by atoms with Crippen molar-refractivity contribution in [2.45, 2.75) is 51.2 Å². The number of nitrogens with zero attached hydrogens (tertiary/aromatic N) is 3. The van der Waals surface area contributed by atoms with E-state index in [1.807, 2.05) is 0 Å². The Morgan fingerprint density at radius 3 is 2.62 bits per heavy atom. The number of hydrogen-bond donors (Lipinski definition) is 1. The van der Waals surface area contributed by atoms with Crippen LogP contribution in [0.5, 0.6) is 0 Å². The van der Waals surface area contributed by atoms with Crippen molar-refractivity contribution in [1.29, 1.82) is 5.26 Å². The molecule has 0 aromatic rings. The maximum absolute atomic E-state index is 12.5. The van der Waals surface area contributed by atoms with Crippen LogP contribution in [-0.2, 0) is 4.79 Å². The first-order valence-corrected chi connectivity index (χ1v) is 7.38. The van der Waals surface area contributed by atoms with E-state index in [9.17, 15) is 4.79 Å². The molecule has 0 saturated carbocycles. The average Bonchev–Trinajstić information content (AvgIpc) is 3.08. The highest BCUT2D eigenvalue weighted by Crippen LogP contribution is 2.21. The van der Waals surface area contributed by atoms with E-state index in [-0.39, 0.29) is 42.8 Å². The Balaban J connectivity index is 0.00000200. The number of nitrogens with one attached hydrogen (secondary N) is 1. The molecule has 0 aromatic carbocycles. The lowest BCUT2D eigenvalue weighted by atomic mass is 10.1. The molecule has 0 aromatic heterocycles. The molecule has 1 N–H and O–H groups in total. The van der Waals surface area contributed by atoms with Gasteiger partial charge in [-0.05, 0) is 32.4 Å². The lowest BCUT2D eigenvalue weighted by Gasteiger charge is -2.26. The van der Waals surface area contributed by atoms with Gasteiger partial charge in [0.25, 0.3) is 0 Å². The minimum absolute atomic E-state index is 0. The van der Waals surface area contributed by atoms with Crippen LogP contribution in [0.2, 0.25) is 0 Å². The molecular weight excluding hydrogens is 311 g/mol. The number of halogens is 2. The van der Waals surface area contributed by atoms with E-state index in [2.05, 4.69) is 30.1 Å². The van der Waals surface area contributed by atoms with E-state index in [0.29, 0.717) is 6.04 Å². The van der Waals surface area contributed by atoms with Crippen LogP contribution in [0.15, 0.2) is 0 Å². The molecule has 3 atom stereocenters. The van der Waals surface area contributed by atoms with Gasteiger partial charge in [0.05, 0.1) is 12.1 Å². The Morgan fingerprint density at radius 1 is 1.38 bits per heavy atom. The number of hydrogen-bond acceptors (Lipinski definition) is 4. The molecule has 0 unspecified atom stereocenters. The van der Waals surface area contributed by atoms with E-state index >= 15 is 0 Å². The zero-order valence-electron chi connectivity index (χ0n) is 12.7. The van der Waals surface area contributed by atoms with Crippen LogP contribution in [0.3, 0.4) is 0 Å². The average molecular weight is 337 g/mol. The van der Waals surface area contributed by atoms with Crippen molar-refractivity contribution in [3.05, 3.63) is 0 Å². The number of carbonyl (C=O) groups is 1. The first-order chi connectivity index (χ1) is 9.21. The summed E-state index contributed by atoms with van der Waals surface area (Å²) < 4.78 is 0. The van der Waals surface area contributed by atoms with Crippen LogP contribution in [0.1, 0.15) is 33.1 Å². The summed E-state index contributed by atoms with van der Waals surface area (Å²) in [5, 5.41) is 12.4. The summed E-state index contributed by atoms with van der Waals surface area (Å²) in [6.45, 7) is 7.98. The van der Waals surface area contributed by atoms with Gasteiger partial charge in [-0.1, -0.05) is 13.8 Å². The fraction of sp³-hybridized carbons (Fsp3) is 0.857. The van der Waals surface area contributed by atoms with Crippen molar-refractivity contribution in [2.24, 2.45) is 0 Å². The van der Waals surface area contributed by atoms with Crippen LogP contribution in [0.4, 0.5) is 0 Å². The van der Waals surface area contributed by atoms with Gasteiger partial charge in [-0.2, -0.15) is 5.26 Å². The molecule has 0 bridgehead atoms. The van der Waals surface area contributed by atoms with Crippen LogP contribution < -0.4 is 5.32 Å². The summed E-state index contributed by atoms with van der Waals surface area (Å²) in [7, 11) is 0. The van der Waals surface area contributed by atoms with Crippen molar-refractivity contribution < 1.29 is 4.79 Å². The van der Waals surface area contributed by atoms with Crippen molar-refractivity contribution in [2.75, 3.05) is 26.2 Å². The molecule has 2 aliphatic heterocycles. The zero-order valence-corrected chi connectivity index (χ0v) is 14.4. The molecule has 122 valence electrons. The molecule has 7 heteroatoms. The monoisotopic (exact) mass is 336 g/mol. The topological polar surface area (TPSA) is 59.4 Å². The van der Waals surface area contributed by atoms with Gasteiger partial charge in [0.15, 0.2) is 0 Å². The van der Waals surface area contributed by atoms with Gasteiger partial charge < -0.3 is 10.2 Å². The second-order valence-electron chi connectivity index (χ2n) is 5.39. The van der Waals surface area contributed by atoms with Gasteiger partial charge in [-0.3, -0.25) is 9.69 Å². The summed E-state index contributed by atoms with van der Waals surface area (Å²) in [4.78, 5) is 16.6. The van der Waals surface area contributed by atoms with Crippen molar-refractivity contribution >= 4 is 30.7 Å². The summed E-state index contributed by atoms with van der Waals surface area (Å²) in [6.07, 6.45) is 2.65. The van der Waals surface area contributed by atoms with Gasteiger partial charge in [-0.15, -0.1) is 24.8 Å². The molecule has 2 fully saturated rings. The Morgan fingerprint density at radius 2 is 2.05 bits per heavy atom. The third-order valence-corrected chi connectivity index (χ3v) is 4.42. The van der Waals surface area contributed by atoms with Gasteiger partial charge in [-0.25, -0.2) is 0 Å². The van der Waals surface area contributed by atoms with Gasteiger partial charge in [0.1, 0.15) is 6.04 Å². The molecule has 2 saturated heterocycles. The SMILES string of the molecule is CCN(CC)[C@@H]1CN[C@H](C(=O)N2CCC[C@H]2C#N)C1.Cl.Cl. The number of carbonyl (C=O) groups excluding carboxylic acids is 1. The summed E-state index contributed by atoms with van der Waals surface area (Å²) in [5.74, 6) is 0.124. The molecule has 0 spiro atoms. The molecule has 2 aliphatic rings. The number of likely N-dealkylation sites (tertiary alicyclic amines) is 1. The van der Waals surface area contributed by atoms with Gasteiger partial charge in [0.2, 0.25) is 5.91 Å². The molecule has 2 rings (SSSR count). The minimum Gasteiger partial charge on any atom is -0.325 e. The fourth-order valence-electron chi connectivity index (χ4n) is 3.29. The van der Waals surface area contributed by atoms with E-state index in [1.165, 1.54) is 0 Å². The lowest BCUT2D eigenvalue weighted by Crippen LogP contribution is -2.45. The van der Waals surface area contributed by atoms with E-state index < -0.39 is 0 Å². The van der Waals surface area contributed by atoms with Gasteiger partial charge in [0, 0.05) is 19.1 Å². The highest BCUT2D eigenvalue weighted by atomic mass is 35.5. The van der Waals surface area contributed by atoms with Crippen molar-refractivity contribution in [3.63, 3.8) is 0 Å². The van der Waals surface area contributed by atoms with E-state index in [1.54, 1.807) is 4.90 Å². The zero-order chi connectivity index (χ0) is 13.8. The molecule has 1 amide bonds.